The number of Topliss-reactive ketones (excluding diaryl/α,β-unsaturated/α-hetero) is 1. The van der Waals surface area contributed by atoms with Gasteiger partial charge in [-0.3, -0.25) is 39.4 Å². The van der Waals surface area contributed by atoms with Crippen LogP contribution in [-0.2, 0) is 82.8 Å². The minimum Gasteiger partial charge on any atom is -0.497 e. The van der Waals surface area contributed by atoms with E-state index in [0.29, 0.717) is 69.1 Å². The van der Waals surface area contributed by atoms with Gasteiger partial charge in [-0.25, -0.2) is 47.1 Å². The van der Waals surface area contributed by atoms with Gasteiger partial charge in [0.1, 0.15) is 68.0 Å². The Labute approximate surface area is 702 Å². The van der Waals surface area contributed by atoms with Crippen molar-refractivity contribution in [3.63, 3.8) is 0 Å². The van der Waals surface area contributed by atoms with Crippen molar-refractivity contribution < 1.29 is 105 Å². The van der Waals surface area contributed by atoms with Crippen molar-refractivity contribution in [2.75, 3.05) is 54.0 Å². The van der Waals surface area contributed by atoms with Crippen LogP contribution in [0.15, 0.2) is 176 Å². The van der Waals surface area contributed by atoms with Gasteiger partial charge in [-0.05, 0) is 150 Å². The molecule has 2 aliphatic heterocycles. The summed E-state index contributed by atoms with van der Waals surface area (Å²) in [7, 11) is 6.14. The first-order chi connectivity index (χ1) is 57.3. The van der Waals surface area contributed by atoms with Crippen LogP contribution in [0.25, 0.3) is 22.8 Å². The number of aromatic nitrogens is 4. The maximum Gasteiger partial charge on any atom is 0.342 e. The number of benzene rings is 8. The summed E-state index contributed by atoms with van der Waals surface area (Å²) in [5.74, 6) is -4.18. The number of esters is 3. The second-order valence-corrected chi connectivity index (χ2v) is 27.8. The number of alkyl halides is 1. The number of amides is 2. The number of nitro groups is 2. The lowest BCUT2D eigenvalue weighted by molar-refractivity contribution is -0.385. The van der Waals surface area contributed by atoms with E-state index in [-0.39, 0.29) is 120 Å². The summed E-state index contributed by atoms with van der Waals surface area (Å²) in [5, 5.41) is 50.3. The standard InChI is InChI=1S/C32H29F2N3O5.C21H16ClF2N3O3.C11H13NO5.C11H15NO3.C6H5NO2.C5H9ClO2/c1-18(38)32(2,40)21-11-8-19(9-12-21)14-25-29-26(36-30(35-25)28-23(33)6-5-7-24(28)34)17-37(31(29)39)16-20-10-13-22(41-3)15-27(20)42-4;1-29-12-7-6-11(16(8-12)30-2)9-27-10-15-18(21(27)28)19(22)26-20(25-15)17-13(23)4-3-5-14(17)24;1-3-17-10(13)11(2,14)8-4-6-9(7-5-8)12(15)16;1-3-15-10(13)11(2,14)8-4-6-9(12)7-5-8;8-7(9)6-4-2-1-3-5-6;1-3-8-5(7)4(2)6/h5-13,15,40H,14,16-17H2,1-4H3;3-8H,9-10H2,1-2H3;4-7,14H,3H2,1-2H3;4-7,14H,3,12H2,1-2H3;1-5H;4H,3H2,1-2H3. The molecule has 638 valence electrons. The average molecular weight is 1710 g/mol. The highest BCUT2D eigenvalue weighted by Crippen LogP contribution is 2.38. The number of hydrogen-bond donors (Lipinski definition) is 4. The van der Waals surface area contributed by atoms with Crippen LogP contribution in [0.5, 0.6) is 23.0 Å². The predicted octanol–water partition coefficient (Wildman–Crippen LogP) is 14.4. The Morgan fingerprint density at radius 3 is 1.29 bits per heavy atom. The first kappa shape index (κ1) is 95.1. The van der Waals surface area contributed by atoms with Gasteiger partial charge in [-0.2, -0.15) is 0 Å². The second kappa shape index (κ2) is 43.1. The first-order valence-electron chi connectivity index (χ1n) is 36.9. The van der Waals surface area contributed by atoms with E-state index in [1.807, 2.05) is 0 Å². The van der Waals surface area contributed by atoms with Crippen molar-refractivity contribution in [3.05, 3.63) is 286 Å². The zero-order valence-corrected chi connectivity index (χ0v) is 69.2. The number of carbonyl (C=O) groups is 6. The Morgan fingerprint density at radius 1 is 0.521 bits per heavy atom. The molecule has 0 fully saturated rings. The Morgan fingerprint density at radius 2 is 0.909 bits per heavy atom. The number of methoxy groups -OCH3 is 4. The number of hydrogen-bond acceptors (Lipinski definition) is 25. The van der Waals surface area contributed by atoms with Gasteiger partial charge in [0.2, 0.25) is 0 Å². The third-order valence-corrected chi connectivity index (χ3v) is 18.8. The quantitative estimate of drug-likeness (QED) is 0.00638. The number of nitrogens with zero attached hydrogens (tertiary/aromatic N) is 8. The van der Waals surface area contributed by atoms with Gasteiger partial charge < -0.3 is 64.0 Å². The molecule has 8 aromatic carbocycles. The van der Waals surface area contributed by atoms with E-state index in [9.17, 15) is 81.9 Å². The highest BCUT2D eigenvalue weighted by molar-refractivity contribution is 6.33. The van der Waals surface area contributed by atoms with Crippen LogP contribution in [0.1, 0.15) is 127 Å². The molecular weight excluding hydrogens is 1630 g/mol. The molecule has 2 amide bonds. The number of para-hydroxylation sites is 1. The molecule has 4 unspecified atom stereocenters. The van der Waals surface area contributed by atoms with Crippen LogP contribution in [-0.4, -0.2) is 144 Å². The molecule has 29 nitrogen and oxygen atoms in total. The molecular formula is C86H87Cl2F4N9O20. The molecule has 0 saturated carbocycles. The van der Waals surface area contributed by atoms with Crippen molar-refractivity contribution in [1.82, 2.24) is 29.7 Å². The van der Waals surface area contributed by atoms with Gasteiger partial charge in [0, 0.05) is 59.6 Å². The molecule has 5 N–H and O–H groups in total. The fraction of sp³-hybridized carbons (Fsp3) is 0.279. The van der Waals surface area contributed by atoms with Gasteiger partial charge in [0.15, 0.2) is 28.6 Å². The number of nitro benzene ring substituents is 2. The summed E-state index contributed by atoms with van der Waals surface area (Å²) >= 11 is 11.5. The second-order valence-electron chi connectivity index (χ2n) is 26.8. The average Bonchev–Trinajstić information content (AvgIpc) is 1.63. The summed E-state index contributed by atoms with van der Waals surface area (Å²) < 4.78 is 93.2. The molecule has 12 rings (SSSR count). The van der Waals surface area contributed by atoms with Gasteiger partial charge in [-0.15, -0.1) is 11.6 Å². The van der Waals surface area contributed by atoms with Crippen molar-refractivity contribution in [2.24, 2.45) is 0 Å². The summed E-state index contributed by atoms with van der Waals surface area (Å²) in [6.07, 6.45) is 0.141. The van der Waals surface area contributed by atoms with E-state index in [1.165, 1.54) is 95.3 Å². The van der Waals surface area contributed by atoms with Crippen LogP contribution < -0.4 is 24.7 Å². The third-order valence-electron chi connectivity index (χ3n) is 18.4. The third kappa shape index (κ3) is 24.3. The van der Waals surface area contributed by atoms with E-state index in [0.717, 1.165) is 35.4 Å². The molecule has 2 aliphatic rings. The normalized spacial score (nSPS) is 13.3. The lowest BCUT2D eigenvalue weighted by Crippen LogP contribution is -2.34. The summed E-state index contributed by atoms with van der Waals surface area (Å²) in [4.78, 5) is 112. The highest BCUT2D eigenvalue weighted by Gasteiger charge is 2.39. The van der Waals surface area contributed by atoms with Crippen LogP contribution in [0.3, 0.4) is 0 Å². The van der Waals surface area contributed by atoms with E-state index in [4.69, 9.17) is 57.4 Å². The number of aliphatic hydroxyl groups is 3. The minimum absolute atomic E-state index is 0.0996. The fourth-order valence-corrected chi connectivity index (χ4v) is 11.9. The van der Waals surface area contributed by atoms with Crippen LogP contribution in [0.4, 0.5) is 34.6 Å². The number of non-ortho nitro benzene ring substituents is 2. The van der Waals surface area contributed by atoms with E-state index in [2.05, 4.69) is 24.7 Å². The Bertz CT molecular complexity index is 5330. The van der Waals surface area contributed by atoms with Crippen LogP contribution in [0.2, 0.25) is 5.15 Å². The maximum atomic E-state index is 14.8. The number of ether oxygens (including phenoxy) is 7. The number of carbonyl (C=O) groups excluding carboxylic acids is 6. The molecule has 0 radical (unpaired) electrons. The maximum absolute atomic E-state index is 14.8. The highest BCUT2D eigenvalue weighted by atomic mass is 35.5. The zero-order chi connectivity index (χ0) is 89.4. The smallest absolute Gasteiger partial charge is 0.342 e. The first-order valence-corrected chi connectivity index (χ1v) is 37.7. The summed E-state index contributed by atoms with van der Waals surface area (Å²) in [6.45, 7) is 13.5. The SMILES string of the molecule is CCOC(=O)C(C)(O)c1ccc(N)cc1.CCOC(=O)C(C)(O)c1ccc([N+](=O)[O-])cc1.CCOC(=O)C(C)Cl.COc1ccc(CN2Cc3nc(-c4c(F)cccc4F)nc(Cc4ccc(C(C)(O)C(C)=O)cc4)c3C2=O)c(OC)c1.COc1ccc(CN2Cc3nc(-c4c(F)cccc4F)nc(Cl)c3C2=O)c(OC)c1.O=[N+]([O-])c1ccccc1. The molecule has 4 atom stereocenters. The van der Waals surface area contributed by atoms with E-state index >= 15 is 0 Å². The molecule has 0 bridgehead atoms. The fourth-order valence-electron chi connectivity index (χ4n) is 11.6. The Balaban J connectivity index is 0.000000221. The van der Waals surface area contributed by atoms with Gasteiger partial charge in [-0.1, -0.05) is 78.3 Å². The molecule has 10 aromatic rings. The lowest BCUT2D eigenvalue weighted by Gasteiger charge is -2.21. The number of fused-ring (bicyclic) bond motifs is 2. The number of halogens is 6. The van der Waals surface area contributed by atoms with Crippen molar-refractivity contribution >= 4 is 75.8 Å². The molecule has 0 aliphatic carbocycles. The topological polar surface area (TPSA) is 398 Å². The Kier molecular flexibility index (Phi) is 33.8. The number of anilines is 1. The van der Waals surface area contributed by atoms with E-state index < -0.39 is 73.0 Å². The summed E-state index contributed by atoms with van der Waals surface area (Å²) in [6, 6.07) is 43.7. The molecule has 0 saturated heterocycles. The van der Waals surface area contributed by atoms with Gasteiger partial charge in [0.05, 0.1) is 118 Å². The zero-order valence-electron chi connectivity index (χ0n) is 67.7. The van der Waals surface area contributed by atoms with Crippen LogP contribution >= 0.6 is 23.2 Å². The van der Waals surface area contributed by atoms with E-state index in [1.54, 1.807) is 150 Å². The lowest BCUT2D eigenvalue weighted by atomic mass is 9.91. The Hall–Kier alpha value is -13.1. The van der Waals surface area contributed by atoms with Crippen LogP contribution in [0, 0.1) is 43.5 Å². The number of ketones is 1. The molecule has 4 heterocycles. The van der Waals surface area contributed by atoms with Crippen molar-refractivity contribution in [1.29, 1.82) is 0 Å². The molecule has 121 heavy (non-hydrogen) atoms. The minimum atomic E-state index is -1.80. The largest absolute Gasteiger partial charge is 0.497 e. The van der Waals surface area contributed by atoms with Gasteiger partial charge >= 0.3 is 17.9 Å². The monoisotopic (exact) mass is 1710 g/mol. The number of rotatable bonds is 24. The molecule has 35 heteroatoms. The predicted molar refractivity (Wildman–Crippen MR) is 437 cm³/mol. The molecule has 0 spiro atoms. The summed E-state index contributed by atoms with van der Waals surface area (Å²) in [5.41, 5.74) is 4.99. The number of nitrogen functional groups attached to an aromatic ring is 1. The van der Waals surface area contributed by atoms with Crippen molar-refractivity contribution in [3.8, 4) is 45.8 Å². The van der Waals surface area contributed by atoms with Gasteiger partial charge in [0.25, 0.3) is 23.2 Å². The number of nitrogens with two attached hydrogens (primary N) is 1. The van der Waals surface area contributed by atoms with Crippen molar-refractivity contribution in [2.45, 2.75) is 110 Å². The molecule has 2 aromatic heterocycles.